The molecule has 5 heteroatoms. The number of rotatable bonds is 6. The monoisotopic (exact) mass is 291 g/mol. The fourth-order valence-electron chi connectivity index (χ4n) is 2.42. The van der Waals surface area contributed by atoms with Gasteiger partial charge in [-0.1, -0.05) is 12.1 Å². The van der Waals surface area contributed by atoms with Crippen molar-refractivity contribution in [2.24, 2.45) is 5.92 Å². The van der Waals surface area contributed by atoms with Gasteiger partial charge < -0.3 is 14.7 Å². The number of carboxylic acid groups (broad SMARTS) is 1. The molecule has 114 valence electrons. The Morgan fingerprint density at radius 2 is 2.05 bits per heavy atom. The van der Waals surface area contributed by atoms with Crippen molar-refractivity contribution >= 4 is 11.9 Å². The van der Waals surface area contributed by atoms with Gasteiger partial charge in [0.25, 0.3) is 0 Å². The molecule has 1 aliphatic rings. The summed E-state index contributed by atoms with van der Waals surface area (Å²) in [6.07, 6.45) is 0.988. The molecule has 1 N–H and O–H groups in total. The molecule has 2 rings (SSSR count). The van der Waals surface area contributed by atoms with Crippen LogP contribution in [0.1, 0.15) is 25.8 Å². The average molecular weight is 291 g/mol. The molecular formula is C16H21NO4. The lowest BCUT2D eigenvalue weighted by Crippen LogP contribution is -2.28. The summed E-state index contributed by atoms with van der Waals surface area (Å²) in [5.74, 6) is -0.681. The van der Waals surface area contributed by atoms with Gasteiger partial charge >= 0.3 is 5.97 Å². The highest BCUT2D eigenvalue weighted by Gasteiger charge is 2.33. The Morgan fingerprint density at radius 1 is 1.38 bits per heavy atom. The van der Waals surface area contributed by atoms with Crippen LogP contribution in [-0.4, -0.2) is 41.1 Å². The van der Waals surface area contributed by atoms with Crippen LogP contribution in [0.2, 0.25) is 0 Å². The first-order valence-electron chi connectivity index (χ1n) is 7.22. The van der Waals surface area contributed by atoms with E-state index in [1.54, 1.807) is 4.90 Å². The van der Waals surface area contributed by atoms with Crippen molar-refractivity contribution in [2.75, 3.05) is 13.1 Å². The third kappa shape index (κ3) is 4.21. The molecule has 1 atom stereocenters. The Bertz CT molecular complexity index is 510. The lowest BCUT2D eigenvalue weighted by molar-refractivity contribution is -0.141. The van der Waals surface area contributed by atoms with Crippen LogP contribution < -0.4 is 4.74 Å². The smallest absolute Gasteiger partial charge is 0.308 e. The number of carbonyl (C=O) groups is 2. The Kier molecular flexibility index (Phi) is 4.83. The number of nitrogens with zero attached hydrogens (tertiary/aromatic N) is 1. The van der Waals surface area contributed by atoms with Gasteiger partial charge in [-0.3, -0.25) is 9.59 Å². The van der Waals surface area contributed by atoms with Crippen molar-refractivity contribution in [3.05, 3.63) is 29.8 Å². The Balaban J connectivity index is 1.86. The van der Waals surface area contributed by atoms with Crippen molar-refractivity contribution in [2.45, 2.75) is 32.8 Å². The predicted molar refractivity (Wildman–Crippen MR) is 78.2 cm³/mol. The zero-order chi connectivity index (χ0) is 15.4. The second-order valence-electron chi connectivity index (χ2n) is 5.64. The van der Waals surface area contributed by atoms with Gasteiger partial charge in [-0.2, -0.15) is 0 Å². The minimum Gasteiger partial charge on any atom is -0.491 e. The molecule has 0 spiro atoms. The van der Waals surface area contributed by atoms with E-state index in [4.69, 9.17) is 9.84 Å². The summed E-state index contributed by atoms with van der Waals surface area (Å²) in [4.78, 5) is 24.3. The Hall–Kier alpha value is -2.04. The van der Waals surface area contributed by atoms with Crippen LogP contribution in [-0.2, 0) is 16.0 Å². The van der Waals surface area contributed by atoms with Crippen molar-refractivity contribution < 1.29 is 19.4 Å². The topological polar surface area (TPSA) is 66.8 Å². The maximum atomic E-state index is 11.7. The zero-order valence-electron chi connectivity index (χ0n) is 12.4. The lowest BCUT2D eigenvalue weighted by Gasteiger charge is -2.16. The van der Waals surface area contributed by atoms with Gasteiger partial charge in [-0.25, -0.2) is 0 Å². The molecule has 1 heterocycles. The summed E-state index contributed by atoms with van der Waals surface area (Å²) in [5.41, 5.74) is 1.11. The van der Waals surface area contributed by atoms with E-state index in [0.29, 0.717) is 13.1 Å². The van der Waals surface area contributed by atoms with Crippen LogP contribution in [0, 0.1) is 5.92 Å². The van der Waals surface area contributed by atoms with E-state index in [9.17, 15) is 9.59 Å². The molecule has 0 unspecified atom stereocenters. The summed E-state index contributed by atoms with van der Waals surface area (Å²) < 4.78 is 5.57. The second kappa shape index (κ2) is 6.61. The van der Waals surface area contributed by atoms with Crippen LogP contribution in [0.15, 0.2) is 24.3 Å². The van der Waals surface area contributed by atoms with Crippen LogP contribution in [0.4, 0.5) is 0 Å². The van der Waals surface area contributed by atoms with Gasteiger partial charge in [0.1, 0.15) is 5.75 Å². The molecule has 0 bridgehead atoms. The quantitative estimate of drug-likeness (QED) is 0.870. The highest BCUT2D eigenvalue weighted by Crippen LogP contribution is 2.19. The number of hydrogen-bond acceptors (Lipinski definition) is 3. The van der Waals surface area contributed by atoms with Gasteiger partial charge in [0.2, 0.25) is 5.91 Å². The summed E-state index contributed by atoms with van der Waals surface area (Å²) in [5, 5.41) is 8.94. The number of carbonyl (C=O) groups excluding carboxylic acids is 1. The average Bonchev–Trinajstić information content (AvgIpc) is 2.79. The van der Waals surface area contributed by atoms with Crippen molar-refractivity contribution in [1.82, 2.24) is 4.90 Å². The first-order valence-corrected chi connectivity index (χ1v) is 7.22. The van der Waals surface area contributed by atoms with Gasteiger partial charge in [0.05, 0.1) is 12.0 Å². The van der Waals surface area contributed by atoms with Crippen LogP contribution in [0.5, 0.6) is 5.75 Å². The fourth-order valence-corrected chi connectivity index (χ4v) is 2.42. The van der Waals surface area contributed by atoms with Crippen LogP contribution in [0.25, 0.3) is 0 Å². The van der Waals surface area contributed by atoms with E-state index in [-0.39, 0.29) is 18.4 Å². The molecule has 1 aromatic carbocycles. The number of carboxylic acids is 1. The maximum Gasteiger partial charge on any atom is 0.308 e. The Morgan fingerprint density at radius 3 is 2.57 bits per heavy atom. The molecule has 1 fully saturated rings. The molecule has 1 aromatic rings. The van der Waals surface area contributed by atoms with Gasteiger partial charge in [0.15, 0.2) is 0 Å². The van der Waals surface area contributed by atoms with Crippen molar-refractivity contribution in [1.29, 1.82) is 0 Å². The maximum absolute atomic E-state index is 11.7. The summed E-state index contributed by atoms with van der Waals surface area (Å²) in [6, 6.07) is 7.79. The molecule has 21 heavy (non-hydrogen) atoms. The van der Waals surface area contributed by atoms with E-state index in [0.717, 1.165) is 17.7 Å². The summed E-state index contributed by atoms with van der Waals surface area (Å²) >= 11 is 0. The standard InChI is InChI=1S/C16H21NO4/c1-11(2)21-14-5-3-12(4-6-14)7-8-17-10-13(16(19)20)9-15(17)18/h3-6,11,13H,7-10H2,1-2H3,(H,19,20)/t13-/m0/s1. The summed E-state index contributed by atoms with van der Waals surface area (Å²) in [6.45, 7) is 4.84. The van der Waals surface area contributed by atoms with Crippen molar-refractivity contribution in [3.8, 4) is 5.75 Å². The number of ether oxygens (including phenoxy) is 1. The van der Waals surface area contributed by atoms with E-state index in [1.807, 2.05) is 38.1 Å². The second-order valence-corrected chi connectivity index (χ2v) is 5.64. The molecule has 0 aliphatic carbocycles. The predicted octanol–water partition coefficient (Wildman–Crippen LogP) is 1.95. The number of likely N-dealkylation sites (tertiary alicyclic amines) is 1. The van der Waals surface area contributed by atoms with Gasteiger partial charge in [-0.05, 0) is 38.0 Å². The number of amides is 1. The van der Waals surface area contributed by atoms with Gasteiger partial charge in [0, 0.05) is 19.5 Å². The largest absolute Gasteiger partial charge is 0.491 e. The Labute approximate surface area is 124 Å². The van der Waals surface area contributed by atoms with E-state index < -0.39 is 11.9 Å². The molecule has 0 aromatic heterocycles. The lowest BCUT2D eigenvalue weighted by atomic mass is 10.1. The van der Waals surface area contributed by atoms with E-state index >= 15 is 0 Å². The number of aliphatic carboxylic acids is 1. The van der Waals surface area contributed by atoms with E-state index in [2.05, 4.69) is 0 Å². The first kappa shape index (κ1) is 15.4. The minimum atomic E-state index is -0.888. The molecule has 1 saturated heterocycles. The SMILES string of the molecule is CC(C)Oc1ccc(CCN2C[C@@H](C(=O)O)CC2=O)cc1. The van der Waals surface area contributed by atoms with Gasteiger partial charge in [-0.15, -0.1) is 0 Å². The molecule has 0 radical (unpaired) electrons. The minimum absolute atomic E-state index is 0.0674. The van der Waals surface area contributed by atoms with E-state index in [1.165, 1.54) is 0 Å². The molecule has 5 nitrogen and oxygen atoms in total. The molecule has 0 saturated carbocycles. The summed E-state index contributed by atoms with van der Waals surface area (Å²) in [7, 11) is 0. The molecular weight excluding hydrogens is 270 g/mol. The van der Waals surface area contributed by atoms with Crippen LogP contribution in [0.3, 0.4) is 0 Å². The zero-order valence-corrected chi connectivity index (χ0v) is 12.4. The third-order valence-corrected chi connectivity index (χ3v) is 3.53. The highest BCUT2D eigenvalue weighted by atomic mass is 16.5. The first-order chi connectivity index (χ1) is 9.95. The highest BCUT2D eigenvalue weighted by molar-refractivity contribution is 5.86. The normalized spacial score (nSPS) is 18.3. The fraction of sp³-hybridized carbons (Fsp3) is 0.500. The van der Waals surface area contributed by atoms with Crippen molar-refractivity contribution in [3.63, 3.8) is 0 Å². The molecule has 1 aliphatic heterocycles. The van der Waals surface area contributed by atoms with Crippen LogP contribution >= 0.6 is 0 Å². The third-order valence-electron chi connectivity index (χ3n) is 3.53. The number of benzene rings is 1. The molecule has 1 amide bonds. The number of hydrogen-bond donors (Lipinski definition) is 1.